The summed E-state index contributed by atoms with van der Waals surface area (Å²) < 4.78 is 11.3. The second-order valence-corrected chi connectivity index (χ2v) is 6.69. The van der Waals surface area contributed by atoms with Crippen LogP contribution in [0.3, 0.4) is 0 Å². The van der Waals surface area contributed by atoms with Gasteiger partial charge in [-0.25, -0.2) is 0 Å². The topological polar surface area (TPSA) is 72.8 Å². The van der Waals surface area contributed by atoms with E-state index in [0.717, 1.165) is 12.0 Å². The first-order valence-corrected chi connectivity index (χ1v) is 8.67. The van der Waals surface area contributed by atoms with Crippen molar-refractivity contribution < 1.29 is 24.2 Å². The monoisotopic (exact) mass is 340 g/mol. The van der Waals surface area contributed by atoms with Gasteiger partial charge in [-0.1, -0.05) is 6.07 Å². The number of aliphatic hydroxyl groups excluding tert-OH is 1. The van der Waals surface area contributed by atoms with Crippen molar-refractivity contribution in [2.75, 3.05) is 7.11 Å². The molecule has 0 unspecified atom stereocenters. The summed E-state index contributed by atoms with van der Waals surface area (Å²) in [6.45, 7) is 0. The lowest BCUT2D eigenvalue weighted by molar-refractivity contribution is -0.117. The maximum absolute atomic E-state index is 12.6. The van der Waals surface area contributed by atoms with E-state index < -0.39 is 5.92 Å². The molecular formula is C20H20O5. The van der Waals surface area contributed by atoms with Crippen LogP contribution in [-0.2, 0) is 9.59 Å². The van der Waals surface area contributed by atoms with E-state index in [1.165, 1.54) is 0 Å². The first-order valence-electron chi connectivity index (χ1n) is 8.67. The number of rotatable bonds is 2. The average molecular weight is 340 g/mol. The van der Waals surface area contributed by atoms with Gasteiger partial charge in [-0.15, -0.1) is 0 Å². The molecule has 0 bridgehead atoms. The fourth-order valence-electron chi connectivity index (χ4n) is 3.99. The lowest BCUT2D eigenvalue weighted by Crippen LogP contribution is -2.29. The van der Waals surface area contributed by atoms with Crippen LogP contribution in [0, 0.1) is 0 Å². The lowest BCUT2D eigenvalue weighted by Gasteiger charge is -2.34. The minimum absolute atomic E-state index is 0.00592. The summed E-state index contributed by atoms with van der Waals surface area (Å²) in [7, 11) is 1.58. The minimum Gasteiger partial charge on any atom is -0.512 e. The highest BCUT2D eigenvalue weighted by molar-refractivity contribution is 6.05. The van der Waals surface area contributed by atoms with Crippen molar-refractivity contribution in [1.29, 1.82) is 0 Å². The number of benzene rings is 1. The van der Waals surface area contributed by atoms with Crippen LogP contribution in [0.4, 0.5) is 0 Å². The molecular weight excluding hydrogens is 320 g/mol. The van der Waals surface area contributed by atoms with Gasteiger partial charge < -0.3 is 14.6 Å². The number of carbonyl (C=O) groups is 2. The molecule has 1 aromatic carbocycles. The number of hydrogen-bond acceptors (Lipinski definition) is 5. The fraction of sp³-hybridized carbons (Fsp3) is 0.400. The Labute approximate surface area is 145 Å². The molecule has 1 atom stereocenters. The number of carbonyl (C=O) groups excluding carboxylic acids is 2. The Hall–Kier alpha value is -2.56. The predicted octanol–water partition coefficient (Wildman–Crippen LogP) is 3.74. The van der Waals surface area contributed by atoms with Crippen LogP contribution in [0.5, 0.6) is 11.5 Å². The third kappa shape index (κ3) is 2.54. The second kappa shape index (κ2) is 6.06. The molecule has 0 radical (unpaired) electrons. The van der Waals surface area contributed by atoms with Gasteiger partial charge in [0.2, 0.25) is 0 Å². The van der Waals surface area contributed by atoms with E-state index in [1.807, 2.05) is 6.07 Å². The van der Waals surface area contributed by atoms with Crippen LogP contribution in [0.2, 0.25) is 0 Å². The molecule has 1 aliphatic heterocycles. The van der Waals surface area contributed by atoms with Gasteiger partial charge in [0.1, 0.15) is 17.3 Å². The average Bonchev–Trinajstić information content (AvgIpc) is 2.60. The summed E-state index contributed by atoms with van der Waals surface area (Å²) in [4.78, 5) is 25.3. The predicted molar refractivity (Wildman–Crippen MR) is 90.8 cm³/mol. The highest BCUT2D eigenvalue weighted by Crippen LogP contribution is 2.49. The molecule has 0 saturated heterocycles. The molecule has 5 nitrogen and oxygen atoms in total. The smallest absolute Gasteiger partial charge is 0.163 e. The molecule has 3 aliphatic rings. The molecule has 4 rings (SSSR count). The van der Waals surface area contributed by atoms with Gasteiger partial charge in [0, 0.05) is 48.5 Å². The van der Waals surface area contributed by atoms with E-state index in [9.17, 15) is 14.7 Å². The van der Waals surface area contributed by atoms with Crippen molar-refractivity contribution in [3.8, 4) is 11.5 Å². The number of ether oxygens (including phenoxy) is 2. The molecule has 0 fully saturated rings. The summed E-state index contributed by atoms with van der Waals surface area (Å²) in [6, 6.07) is 5.39. The molecule has 5 heteroatoms. The Balaban J connectivity index is 1.94. The van der Waals surface area contributed by atoms with Crippen molar-refractivity contribution in [3.63, 3.8) is 0 Å². The van der Waals surface area contributed by atoms with E-state index in [1.54, 1.807) is 19.2 Å². The Kier molecular flexibility index (Phi) is 3.86. The highest BCUT2D eigenvalue weighted by atomic mass is 16.5. The first-order chi connectivity index (χ1) is 12.1. The van der Waals surface area contributed by atoms with Gasteiger partial charge in [-0.3, -0.25) is 9.59 Å². The minimum atomic E-state index is -0.537. The molecule has 0 amide bonds. The van der Waals surface area contributed by atoms with Crippen LogP contribution in [0.25, 0.3) is 0 Å². The van der Waals surface area contributed by atoms with Crippen molar-refractivity contribution in [1.82, 2.24) is 0 Å². The molecule has 1 heterocycles. The van der Waals surface area contributed by atoms with Gasteiger partial charge in [-0.05, 0) is 18.9 Å². The van der Waals surface area contributed by atoms with Crippen LogP contribution in [0.15, 0.2) is 40.9 Å². The Bertz CT molecular complexity index is 830. The number of hydrogen-bond donors (Lipinski definition) is 1. The maximum Gasteiger partial charge on any atom is 0.163 e. The quantitative estimate of drug-likeness (QED) is 0.888. The van der Waals surface area contributed by atoms with Gasteiger partial charge in [0.05, 0.1) is 18.8 Å². The molecule has 1 aromatic rings. The molecule has 1 N–H and O–H groups in total. The summed E-state index contributed by atoms with van der Waals surface area (Å²) in [5.41, 5.74) is 1.65. The third-order valence-electron chi connectivity index (χ3n) is 5.18. The molecule has 0 spiro atoms. The Morgan fingerprint density at radius 2 is 1.76 bits per heavy atom. The molecule has 0 saturated carbocycles. The Morgan fingerprint density at radius 3 is 2.48 bits per heavy atom. The molecule has 0 aromatic heterocycles. The summed E-state index contributed by atoms with van der Waals surface area (Å²) in [5, 5.41) is 10.5. The van der Waals surface area contributed by atoms with E-state index in [2.05, 4.69) is 0 Å². The summed E-state index contributed by atoms with van der Waals surface area (Å²) in [6.07, 6.45) is 3.37. The number of aliphatic hydroxyl groups is 1. The standard InChI is InChI=1S/C20H20O5/c1-24-11-8-9-12-17(10-11)25-16-7-3-6-15(23)20(16)18(12)19-13(21)4-2-5-14(19)22/h8-10,18,21H,2-7H2,1H3/t18-/m0/s1. The van der Waals surface area contributed by atoms with Crippen LogP contribution < -0.4 is 9.47 Å². The van der Waals surface area contributed by atoms with Crippen LogP contribution in [0.1, 0.15) is 50.0 Å². The van der Waals surface area contributed by atoms with Crippen molar-refractivity contribution in [2.24, 2.45) is 0 Å². The molecule has 130 valence electrons. The van der Waals surface area contributed by atoms with E-state index >= 15 is 0 Å². The van der Waals surface area contributed by atoms with E-state index in [0.29, 0.717) is 60.5 Å². The van der Waals surface area contributed by atoms with Crippen molar-refractivity contribution in [2.45, 2.75) is 44.4 Å². The molecule has 25 heavy (non-hydrogen) atoms. The fourth-order valence-corrected chi connectivity index (χ4v) is 3.99. The zero-order chi connectivity index (χ0) is 17.6. The highest BCUT2D eigenvalue weighted by Gasteiger charge is 2.41. The van der Waals surface area contributed by atoms with Gasteiger partial charge in [0.25, 0.3) is 0 Å². The SMILES string of the molecule is COc1ccc2c(c1)OC1=C(C(=O)CCC1)[C@@H]2C1=C(O)CCCC1=O. The zero-order valence-electron chi connectivity index (χ0n) is 14.1. The van der Waals surface area contributed by atoms with Crippen molar-refractivity contribution >= 4 is 11.6 Å². The normalized spacial score (nSPS) is 23.2. The largest absolute Gasteiger partial charge is 0.512 e. The number of ketones is 2. The third-order valence-corrected chi connectivity index (χ3v) is 5.18. The van der Waals surface area contributed by atoms with Crippen LogP contribution >= 0.6 is 0 Å². The van der Waals surface area contributed by atoms with Crippen molar-refractivity contribution in [3.05, 3.63) is 46.4 Å². The van der Waals surface area contributed by atoms with Gasteiger partial charge in [-0.2, -0.15) is 0 Å². The first kappa shape index (κ1) is 15.9. The van der Waals surface area contributed by atoms with E-state index in [-0.39, 0.29) is 17.3 Å². The maximum atomic E-state index is 12.6. The van der Waals surface area contributed by atoms with Crippen LogP contribution in [-0.4, -0.2) is 23.8 Å². The summed E-state index contributed by atoms with van der Waals surface area (Å²) >= 11 is 0. The zero-order valence-corrected chi connectivity index (χ0v) is 14.1. The number of fused-ring (bicyclic) bond motifs is 1. The van der Waals surface area contributed by atoms with Gasteiger partial charge >= 0.3 is 0 Å². The number of Topliss-reactive ketones (excluding diaryl/α,β-unsaturated/α-hetero) is 2. The number of allylic oxidation sites excluding steroid dienone is 4. The lowest BCUT2D eigenvalue weighted by atomic mass is 9.73. The Morgan fingerprint density at radius 1 is 1.04 bits per heavy atom. The second-order valence-electron chi connectivity index (χ2n) is 6.69. The number of methoxy groups -OCH3 is 1. The van der Waals surface area contributed by atoms with Gasteiger partial charge in [0.15, 0.2) is 11.6 Å². The molecule has 2 aliphatic carbocycles. The van der Waals surface area contributed by atoms with E-state index in [4.69, 9.17) is 9.47 Å². The summed E-state index contributed by atoms with van der Waals surface area (Å²) in [5.74, 6) is 1.36.